The summed E-state index contributed by atoms with van der Waals surface area (Å²) in [5, 5.41) is 15.2. The smallest absolute Gasteiger partial charge is 0.408 e. The molecule has 2 aliphatic heterocycles. The van der Waals surface area contributed by atoms with Crippen molar-refractivity contribution in [2.24, 2.45) is 11.3 Å². The summed E-state index contributed by atoms with van der Waals surface area (Å²) in [6, 6.07) is 7.50. The Morgan fingerprint density at radius 2 is 1.87 bits per heavy atom. The van der Waals surface area contributed by atoms with Gasteiger partial charge in [-0.25, -0.2) is 9.59 Å². The monoisotopic (exact) mass is 543 g/mol. The first-order valence-corrected chi connectivity index (χ1v) is 13.6. The predicted molar refractivity (Wildman–Crippen MR) is 144 cm³/mol. The van der Waals surface area contributed by atoms with Crippen molar-refractivity contribution >= 4 is 23.9 Å². The highest BCUT2D eigenvalue weighted by Crippen LogP contribution is 2.24. The van der Waals surface area contributed by atoms with E-state index in [9.17, 15) is 24.3 Å². The topological polar surface area (TPSA) is 134 Å². The molecule has 3 rings (SSSR count). The number of esters is 1. The Balaban J connectivity index is 1.71. The van der Waals surface area contributed by atoms with Crippen molar-refractivity contribution in [2.75, 3.05) is 19.8 Å². The summed E-state index contributed by atoms with van der Waals surface area (Å²) in [4.78, 5) is 53.3. The molecule has 3 N–H and O–H groups in total. The SMILES string of the molecule is CC(C)(C)[C@H]1COC(=O)[C@H](NC(=O)OCc2ccccc2)CC=CC[C@H](CC(=O)N2CCC[C@H]2CO)C(=O)N1. The normalized spacial score (nSPS) is 24.7. The molecular formula is C29H41N3O7. The molecule has 2 aliphatic rings. The molecule has 39 heavy (non-hydrogen) atoms. The zero-order chi connectivity index (χ0) is 28.4. The minimum Gasteiger partial charge on any atom is -0.462 e. The van der Waals surface area contributed by atoms with E-state index in [1.807, 2.05) is 51.1 Å². The van der Waals surface area contributed by atoms with Crippen LogP contribution >= 0.6 is 0 Å². The minimum atomic E-state index is -0.977. The number of nitrogens with zero attached hydrogens (tertiary/aromatic N) is 1. The highest BCUT2D eigenvalue weighted by atomic mass is 16.6. The van der Waals surface area contributed by atoms with Gasteiger partial charge in [0.05, 0.1) is 24.6 Å². The van der Waals surface area contributed by atoms with Crippen LogP contribution in [0.25, 0.3) is 0 Å². The van der Waals surface area contributed by atoms with E-state index in [-0.39, 0.29) is 56.9 Å². The molecule has 0 spiro atoms. The van der Waals surface area contributed by atoms with Gasteiger partial charge in [-0.3, -0.25) is 9.59 Å². The number of aliphatic hydroxyl groups is 1. The number of allylic oxidation sites excluding steroid dienone is 1. The summed E-state index contributed by atoms with van der Waals surface area (Å²) in [6.07, 6.45) is 4.71. The second kappa shape index (κ2) is 14.1. The van der Waals surface area contributed by atoms with Gasteiger partial charge in [0.2, 0.25) is 11.8 Å². The minimum absolute atomic E-state index is 0.0107. The lowest BCUT2D eigenvalue weighted by atomic mass is 9.86. The van der Waals surface area contributed by atoms with Crippen LogP contribution in [-0.2, 0) is 30.5 Å². The van der Waals surface area contributed by atoms with Gasteiger partial charge in [0.25, 0.3) is 0 Å². The number of hydrogen-bond donors (Lipinski definition) is 3. The van der Waals surface area contributed by atoms with Gasteiger partial charge >= 0.3 is 12.1 Å². The van der Waals surface area contributed by atoms with Gasteiger partial charge in [-0.15, -0.1) is 0 Å². The van der Waals surface area contributed by atoms with Crippen molar-refractivity contribution in [3.05, 3.63) is 48.0 Å². The maximum atomic E-state index is 13.3. The quantitative estimate of drug-likeness (QED) is 0.371. The molecular weight excluding hydrogens is 502 g/mol. The van der Waals surface area contributed by atoms with E-state index in [1.54, 1.807) is 17.1 Å². The number of likely N-dealkylation sites (tertiary alicyclic amines) is 1. The standard InChI is InChI=1S/C29H41N3O7/c1-29(2,3)24-19-38-27(36)23(30-28(37)39-18-20-10-5-4-6-11-20)14-8-7-12-21(26(35)31-24)16-25(34)32-15-9-13-22(32)17-33/h4-8,10-11,21-24,33H,9,12-19H2,1-3H3,(H,30,37)(H,31,35)/t21-,22+,23-,24-/m1/s1. The lowest BCUT2D eigenvalue weighted by Gasteiger charge is -2.33. The number of amides is 3. The Hall–Kier alpha value is -3.40. The highest BCUT2D eigenvalue weighted by Gasteiger charge is 2.35. The summed E-state index contributed by atoms with van der Waals surface area (Å²) < 4.78 is 10.8. The molecule has 0 bridgehead atoms. The van der Waals surface area contributed by atoms with Crippen LogP contribution in [0.3, 0.4) is 0 Å². The summed E-state index contributed by atoms with van der Waals surface area (Å²) in [5.41, 5.74) is 0.372. The first-order chi connectivity index (χ1) is 18.6. The van der Waals surface area contributed by atoms with Crippen LogP contribution in [-0.4, -0.2) is 71.8 Å². The molecule has 1 aromatic rings. The second-order valence-corrected chi connectivity index (χ2v) is 11.2. The molecule has 0 unspecified atom stereocenters. The number of carbonyl (C=O) groups excluding carboxylic acids is 4. The Morgan fingerprint density at radius 1 is 1.15 bits per heavy atom. The third kappa shape index (κ3) is 9.09. The Morgan fingerprint density at radius 3 is 2.56 bits per heavy atom. The zero-order valence-corrected chi connectivity index (χ0v) is 23.1. The number of ether oxygens (including phenoxy) is 2. The number of nitrogens with one attached hydrogen (secondary N) is 2. The Kier molecular flexibility index (Phi) is 10.9. The largest absolute Gasteiger partial charge is 0.462 e. The molecule has 0 aromatic heterocycles. The van der Waals surface area contributed by atoms with Gasteiger partial charge in [-0.2, -0.15) is 0 Å². The Bertz CT molecular complexity index is 1020. The van der Waals surface area contributed by atoms with Gasteiger partial charge in [-0.05, 0) is 36.7 Å². The number of alkyl carbamates (subject to hydrolysis) is 1. The van der Waals surface area contributed by atoms with Gasteiger partial charge in [-0.1, -0.05) is 63.3 Å². The summed E-state index contributed by atoms with van der Waals surface area (Å²) in [6.45, 7) is 6.21. The van der Waals surface area contributed by atoms with Crippen molar-refractivity contribution in [3.63, 3.8) is 0 Å². The average Bonchev–Trinajstić information content (AvgIpc) is 3.39. The number of cyclic esters (lactones) is 1. The fourth-order valence-electron chi connectivity index (χ4n) is 4.64. The van der Waals surface area contributed by atoms with Crippen molar-refractivity contribution in [1.29, 1.82) is 0 Å². The molecule has 1 aromatic carbocycles. The van der Waals surface area contributed by atoms with Crippen molar-refractivity contribution in [2.45, 2.75) is 77.6 Å². The molecule has 3 amide bonds. The van der Waals surface area contributed by atoms with Gasteiger partial charge < -0.3 is 30.1 Å². The average molecular weight is 544 g/mol. The maximum Gasteiger partial charge on any atom is 0.408 e. The van der Waals surface area contributed by atoms with Crippen LogP contribution in [0.15, 0.2) is 42.5 Å². The number of hydrogen-bond acceptors (Lipinski definition) is 7. The van der Waals surface area contributed by atoms with Crippen LogP contribution in [0.5, 0.6) is 0 Å². The molecule has 1 saturated heterocycles. The number of carbonyl (C=O) groups is 4. The fraction of sp³-hybridized carbons (Fsp3) is 0.586. The van der Waals surface area contributed by atoms with Gasteiger partial charge in [0.15, 0.2) is 0 Å². The lowest BCUT2D eigenvalue weighted by Crippen LogP contribution is -2.51. The number of aliphatic hydroxyl groups excluding tert-OH is 1. The van der Waals surface area contributed by atoms with E-state index in [1.165, 1.54) is 0 Å². The van der Waals surface area contributed by atoms with Gasteiger partial charge in [0.1, 0.15) is 19.3 Å². The maximum absolute atomic E-state index is 13.3. The molecule has 0 aliphatic carbocycles. The molecule has 1 fully saturated rings. The van der Waals surface area contributed by atoms with Crippen molar-refractivity contribution in [1.82, 2.24) is 15.5 Å². The summed E-state index contributed by atoms with van der Waals surface area (Å²) in [5.74, 6) is -1.71. The zero-order valence-electron chi connectivity index (χ0n) is 23.1. The summed E-state index contributed by atoms with van der Waals surface area (Å²) in [7, 11) is 0. The third-order valence-electron chi connectivity index (χ3n) is 7.20. The number of benzene rings is 1. The Labute approximate surface area is 230 Å². The highest BCUT2D eigenvalue weighted by molar-refractivity contribution is 5.86. The van der Waals surface area contributed by atoms with E-state index in [0.717, 1.165) is 18.4 Å². The number of rotatable bonds is 6. The van der Waals surface area contributed by atoms with Crippen LogP contribution < -0.4 is 10.6 Å². The van der Waals surface area contributed by atoms with Gasteiger partial charge in [0, 0.05) is 13.0 Å². The molecule has 4 atom stereocenters. The molecule has 214 valence electrons. The third-order valence-corrected chi connectivity index (χ3v) is 7.20. The lowest BCUT2D eigenvalue weighted by molar-refractivity contribution is -0.148. The molecule has 2 heterocycles. The molecule has 0 radical (unpaired) electrons. The van der Waals surface area contributed by atoms with Crippen molar-refractivity contribution in [3.8, 4) is 0 Å². The van der Waals surface area contributed by atoms with Crippen LogP contribution in [0.1, 0.15) is 58.4 Å². The first-order valence-electron chi connectivity index (χ1n) is 13.6. The predicted octanol–water partition coefficient (Wildman–Crippen LogP) is 2.70. The fourth-order valence-corrected chi connectivity index (χ4v) is 4.64. The molecule has 0 saturated carbocycles. The van der Waals surface area contributed by atoms with E-state index in [2.05, 4.69) is 10.6 Å². The molecule has 10 heteroatoms. The van der Waals surface area contributed by atoms with Crippen LogP contribution in [0.4, 0.5) is 4.79 Å². The van der Waals surface area contributed by atoms with E-state index >= 15 is 0 Å². The molecule has 10 nitrogen and oxygen atoms in total. The van der Waals surface area contributed by atoms with E-state index in [0.29, 0.717) is 6.54 Å². The second-order valence-electron chi connectivity index (χ2n) is 11.2. The summed E-state index contributed by atoms with van der Waals surface area (Å²) >= 11 is 0. The van der Waals surface area contributed by atoms with Crippen LogP contribution in [0.2, 0.25) is 0 Å². The van der Waals surface area contributed by atoms with E-state index in [4.69, 9.17) is 9.47 Å². The van der Waals surface area contributed by atoms with E-state index < -0.39 is 35.5 Å². The first kappa shape index (κ1) is 30.1. The van der Waals surface area contributed by atoms with Crippen LogP contribution in [0, 0.1) is 11.3 Å². The van der Waals surface area contributed by atoms with Crippen molar-refractivity contribution < 1.29 is 33.8 Å².